The molecular weight excluding hydrogens is 716 g/mol. The zero-order valence-electron chi connectivity index (χ0n) is 26.2. The molecule has 0 amide bonds. The molecule has 0 aliphatic carbocycles. The zero-order valence-corrected chi connectivity index (χ0v) is 29.4. The normalized spacial score (nSPS) is 14.3. The van der Waals surface area contributed by atoms with Gasteiger partial charge in [0.25, 0.3) is 5.56 Å². The number of methoxy groups -OCH3 is 2. The summed E-state index contributed by atoms with van der Waals surface area (Å²) in [6, 6.07) is 27.1. The van der Waals surface area contributed by atoms with Crippen molar-refractivity contribution < 1.29 is 23.7 Å². The summed E-state index contributed by atoms with van der Waals surface area (Å²) >= 11 is 11.4. The van der Waals surface area contributed by atoms with Gasteiger partial charge in [0.2, 0.25) is 0 Å². The molecule has 1 aliphatic heterocycles. The molecule has 0 spiro atoms. The van der Waals surface area contributed by atoms with Crippen molar-refractivity contribution in [1.82, 2.24) is 4.57 Å². The molecule has 5 aromatic rings. The van der Waals surface area contributed by atoms with Crippen LogP contribution in [0, 0.1) is 0 Å². The predicted molar refractivity (Wildman–Crippen MR) is 191 cm³/mol. The number of ether oxygens (including phenoxy) is 4. The predicted octanol–water partition coefficient (Wildman–Crippen LogP) is 6.95. The summed E-state index contributed by atoms with van der Waals surface area (Å²) in [5, 5.41) is 0.331. The zero-order chi connectivity index (χ0) is 33.8. The molecule has 1 aliphatic rings. The Kier molecular flexibility index (Phi) is 10.1. The number of halogens is 2. The third-order valence-corrected chi connectivity index (χ3v) is 9.44. The van der Waals surface area contributed by atoms with Crippen LogP contribution in [-0.4, -0.2) is 31.4 Å². The number of thiazole rings is 1. The molecule has 0 N–H and O–H groups in total. The summed E-state index contributed by atoms with van der Waals surface area (Å²) < 4.78 is 25.5. The van der Waals surface area contributed by atoms with Gasteiger partial charge in [0.05, 0.1) is 47.7 Å². The molecule has 6 rings (SSSR count). The Hall–Kier alpha value is -4.64. The molecule has 2 heterocycles. The smallest absolute Gasteiger partial charge is 0.338 e. The first-order valence-electron chi connectivity index (χ1n) is 15.0. The van der Waals surface area contributed by atoms with Crippen molar-refractivity contribution in [1.29, 1.82) is 0 Å². The SMILES string of the molecule is CCOC(=O)C1=C(c2ccccc2)N=c2s/c(=C\c3cc(Cl)c(OCc4ccc(Br)cc4)c(OC)c3)c(=O)n2[C@H]1c1ccc(OC)cc1. The molecule has 4 aromatic carbocycles. The van der Waals surface area contributed by atoms with Crippen LogP contribution in [0.15, 0.2) is 111 Å². The molecule has 0 fully saturated rings. The van der Waals surface area contributed by atoms with Crippen LogP contribution in [0.5, 0.6) is 17.2 Å². The molecule has 48 heavy (non-hydrogen) atoms. The van der Waals surface area contributed by atoms with Crippen LogP contribution >= 0.6 is 38.9 Å². The lowest BCUT2D eigenvalue weighted by Gasteiger charge is -2.26. The van der Waals surface area contributed by atoms with Gasteiger partial charge in [0.15, 0.2) is 16.3 Å². The minimum atomic E-state index is -0.809. The summed E-state index contributed by atoms with van der Waals surface area (Å²) in [7, 11) is 3.12. The Labute approximate surface area is 294 Å². The average molecular weight is 746 g/mol. The van der Waals surface area contributed by atoms with E-state index in [1.807, 2.05) is 66.7 Å². The largest absolute Gasteiger partial charge is 0.497 e. The van der Waals surface area contributed by atoms with E-state index in [4.69, 9.17) is 35.5 Å². The second-order valence-corrected chi connectivity index (χ2v) is 13.0. The maximum atomic E-state index is 14.3. The Morgan fingerprint density at radius 3 is 2.40 bits per heavy atom. The van der Waals surface area contributed by atoms with E-state index in [0.29, 0.717) is 55.0 Å². The number of fused-ring (bicyclic) bond motifs is 1. The molecule has 0 saturated carbocycles. The van der Waals surface area contributed by atoms with Gasteiger partial charge in [-0.15, -0.1) is 0 Å². The van der Waals surface area contributed by atoms with Crippen LogP contribution in [0.3, 0.4) is 0 Å². The molecule has 11 heteroatoms. The summed E-state index contributed by atoms with van der Waals surface area (Å²) in [5.41, 5.74) is 3.42. The second-order valence-electron chi connectivity index (χ2n) is 10.7. The van der Waals surface area contributed by atoms with E-state index in [0.717, 1.165) is 15.6 Å². The first-order valence-corrected chi connectivity index (χ1v) is 17.0. The number of rotatable bonds is 10. The van der Waals surface area contributed by atoms with Gasteiger partial charge in [-0.3, -0.25) is 9.36 Å². The van der Waals surface area contributed by atoms with Crippen LogP contribution in [0.1, 0.15) is 35.2 Å². The van der Waals surface area contributed by atoms with Crippen molar-refractivity contribution in [3.63, 3.8) is 0 Å². The van der Waals surface area contributed by atoms with E-state index >= 15 is 0 Å². The number of carbonyl (C=O) groups excluding carboxylic acids is 1. The van der Waals surface area contributed by atoms with E-state index in [-0.39, 0.29) is 17.7 Å². The van der Waals surface area contributed by atoms with Crippen molar-refractivity contribution in [3.05, 3.63) is 148 Å². The van der Waals surface area contributed by atoms with Crippen molar-refractivity contribution in [2.45, 2.75) is 19.6 Å². The van der Waals surface area contributed by atoms with Crippen molar-refractivity contribution in [3.8, 4) is 17.2 Å². The highest BCUT2D eigenvalue weighted by Crippen LogP contribution is 2.38. The van der Waals surface area contributed by atoms with Gasteiger partial charge >= 0.3 is 5.97 Å². The molecule has 0 bridgehead atoms. The molecule has 1 atom stereocenters. The lowest BCUT2D eigenvalue weighted by Crippen LogP contribution is -2.40. The first-order chi connectivity index (χ1) is 23.3. The lowest BCUT2D eigenvalue weighted by atomic mass is 9.93. The fraction of sp³-hybridized carbons (Fsp3) is 0.162. The van der Waals surface area contributed by atoms with Crippen molar-refractivity contribution in [2.75, 3.05) is 20.8 Å². The third kappa shape index (κ3) is 6.82. The van der Waals surface area contributed by atoms with E-state index in [1.54, 1.807) is 48.9 Å². The average Bonchev–Trinajstić information content (AvgIpc) is 3.41. The number of hydrogen-bond acceptors (Lipinski definition) is 8. The fourth-order valence-corrected chi connectivity index (χ4v) is 6.93. The third-order valence-electron chi connectivity index (χ3n) is 7.65. The minimum absolute atomic E-state index is 0.162. The van der Waals surface area contributed by atoms with E-state index < -0.39 is 12.0 Å². The number of nitrogens with zero attached hydrogens (tertiary/aromatic N) is 2. The quantitative estimate of drug-likeness (QED) is 0.144. The van der Waals surface area contributed by atoms with Gasteiger partial charge in [-0.1, -0.05) is 93.5 Å². The highest BCUT2D eigenvalue weighted by atomic mass is 79.9. The standard InChI is InChI=1S/C37H30BrClN2O6S/c1-4-46-36(43)31-32(24-8-6-5-7-9-24)40-37-41(33(31)25-12-16-27(44-2)17-13-25)35(42)30(48-37)20-23-18-28(39)34(29(19-23)45-3)47-21-22-10-14-26(38)15-11-22/h5-20,33H,4,21H2,1-3H3/b30-20-/t33-/m0/s1. The molecule has 0 unspecified atom stereocenters. The Morgan fingerprint density at radius 1 is 1.00 bits per heavy atom. The molecule has 0 radical (unpaired) electrons. The van der Waals surface area contributed by atoms with Gasteiger partial charge < -0.3 is 18.9 Å². The van der Waals surface area contributed by atoms with Crippen LogP contribution in [0.4, 0.5) is 0 Å². The molecule has 1 aromatic heterocycles. The maximum absolute atomic E-state index is 14.3. The van der Waals surface area contributed by atoms with Gasteiger partial charge in [0.1, 0.15) is 12.4 Å². The second kappa shape index (κ2) is 14.6. The van der Waals surface area contributed by atoms with Crippen molar-refractivity contribution in [2.24, 2.45) is 4.99 Å². The molecule has 0 saturated heterocycles. The molecular formula is C37H30BrClN2O6S. The number of benzene rings is 4. The number of hydrogen-bond donors (Lipinski definition) is 0. The summed E-state index contributed by atoms with van der Waals surface area (Å²) in [6.07, 6.45) is 1.73. The number of esters is 1. The molecule has 8 nitrogen and oxygen atoms in total. The van der Waals surface area contributed by atoms with Crippen LogP contribution < -0.4 is 29.1 Å². The highest BCUT2D eigenvalue weighted by Gasteiger charge is 2.35. The van der Waals surface area contributed by atoms with Gasteiger partial charge in [-0.2, -0.15) is 0 Å². The Morgan fingerprint density at radius 2 is 1.73 bits per heavy atom. The van der Waals surface area contributed by atoms with E-state index in [9.17, 15) is 9.59 Å². The van der Waals surface area contributed by atoms with Gasteiger partial charge in [-0.05, 0) is 66.1 Å². The first kappa shape index (κ1) is 33.3. The summed E-state index contributed by atoms with van der Waals surface area (Å²) in [5.74, 6) is 0.911. The topological polar surface area (TPSA) is 88.4 Å². The van der Waals surface area contributed by atoms with Crippen molar-refractivity contribution >= 4 is 56.6 Å². The minimum Gasteiger partial charge on any atom is -0.497 e. The maximum Gasteiger partial charge on any atom is 0.338 e. The van der Waals surface area contributed by atoms with E-state index in [2.05, 4.69) is 15.9 Å². The highest BCUT2D eigenvalue weighted by molar-refractivity contribution is 9.10. The molecule has 244 valence electrons. The van der Waals surface area contributed by atoms with Gasteiger partial charge in [0, 0.05) is 10.0 Å². The monoisotopic (exact) mass is 744 g/mol. The van der Waals surface area contributed by atoms with Crippen LogP contribution in [-0.2, 0) is 16.1 Å². The number of carbonyl (C=O) groups is 1. The fourth-order valence-electron chi connectivity index (χ4n) is 5.39. The van der Waals surface area contributed by atoms with Gasteiger partial charge in [-0.25, -0.2) is 9.79 Å². The Balaban J connectivity index is 1.49. The van der Waals surface area contributed by atoms with E-state index in [1.165, 1.54) is 18.4 Å². The van der Waals surface area contributed by atoms with Crippen LogP contribution in [0.25, 0.3) is 11.8 Å². The lowest BCUT2D eigenvalue weighted by molar-refractivity contribution is -0.138. The summed E-state index contributed by atoms with van der Waals surface area (Å²) in [6.45, 7) is 2.20. The summed E-state index contributed by atoms with van der Waals surface area (Å²) in [4.78, 5) is 33.3. The van der Waals surface area contributed by atoms with Crippen LogP contribution in [0.2, 0.25) is 5.02 Å². The Bertz CT molecular complexity index is 2180. The number of aromatic nitrogens is 1.